The molecule has 1 aromatic heterocycles. The molecule has 1 atom stereocenters. The van der Waals surface area contributed by atoms with E-state index >= 15 is 0 Å². The van der Waals surface area contributed by atoms with Crippen LogP contribution in [0, 0.1) is 0 Å². The fraction of sp³-hybridized carbons (Fsp3) is 0.556. The summed E-state index contributed by atoms with van der Waals surface area (Å²) in [4.78, 5) is 0. The van der Waals surface area contributed by atoms with E-state index in [1.165, 1.54) is 0 Å². The van der Waals surface area contributed by atoms with E-state index in [1.54, 1.807) is 14.0 Å². The SMILES string of the molecule is CNCC(C)Oc1ccc(C(F)(F)F)nn1. The highest BCUT2D eigenvalue weighted by Crippen LogP contribution is 2.27. The fourth-order valence-electron chi connectivity index (χ4n) is 1.07. The first-order valence-electron chi connectivity index (χ1n) is 4.65. The summed E-state index contributed by atoms with van der Waals surface area (Å²) in [6, 6.07) is 2.00. The van der Waals surface area contributed by atoms with Crippen LogP contribution in [-0.4, -0.2) is 29.9 Å². The van der Waals surface area contributed by atoms with E-state index in [0.29, 0.717) is 6.54 Å². The molecule has 1 N–H and O–H groups in total. The van der Waals surface area contributed by atoms with Gasteiger partial charge in [0.1, 0.15) is 6.10 Å². The van der Waals surface area contributed by atoms with Crippen LogP contribution in [0.15, 0.2) is 12.1 Å². The maximum atomic E-state index is 12.1. The average molecular weight is 235 g/mol. The minimum Gasteiger partial charge on any atom is -0.472 e. The molecule has 0 bridgehead atoms. The molecule has 1 rings (SSSR count). The Kier molecular flexibility index (Phi) is 4.05. The van der Waals surface area contributed by atoms with E-state index in [-0.39, 0.29) is 12.0 Å². The highest BCUT2D eigenvalue weighted by Gasteiger charge is 2.32. The molecule has 0 saturated heterocycles. The highest BCUT2D eigenvalue weighted by atomic mass is 19.4. The first-order chi connectivity index (χ1) is 7.43. The molecule has 0 aliphatic carbocycles. The molecule has 90 valence electrons. The molecular weight excluding hydrogens is 223 g/mol. The van der Waals surface area contributed by atoms with Crippen molar-refractivity contribution in [2.24, 2.45) is 0 Å². The van der Waals surface area contributed by atoms with E-state index in [2.05, 4.69) is 15.5 Å². The zero-order chi connectivity index (χ0) is 12.2. The summed E-state index contributed by atoms with van der Waals surface area (Å²) in [5, 5.41) is 9.26. The van der Waals surface area contributed by atoms with Gasteiger partial charge in [0.15, 0.2) is 5.69 Å². The maximum absolute atomic E-state index is 12.1. The summed E-state index contributed by atoms with van der Waals surface area (Å²) < 4.78 is 41.7. The monoisotopic (exact) mass is 235 g/mol. The standard InChI is InChI=1S/C9H12F3N3O/c1-6(5-13-2)16-8-4-3-7(14-15-8)9(10,11)12/h3-4,6,13H,5H2,1-2H3. The van der Waals surface area contributed by atoms with Crippen molar-refractivity contribution in [2.75, 3.05) is 13.6 Å². The Labute approximate surface area is 90.8 Å². The molecule has 16 heavy (non-hydrogen) atoms. The van der Waals surface area contributed by atoms with Crippen molar-refractivity contribution in [3.63, 3.8) is 0 Å². The first kappa shape index (κ1) is 12.7. The Hall–Kier alpha value is -1.37. The van der Waals surface area contributed by atoms with E-state index in [9.17, 15) is 13.2 Å². The smallest absolute Gasteiger partial charge is 0.435 e. The second-order valence-corrected chi connectivity index (χ2v) is 3.24. The molecule has 1 aromatic rings. The summed E-state index contributed by atoms with van der Waals surface area (Å²) in [6.07, 6.45) is -4.65. The Bertz CT molecular complexity index is 326. The van der Waals surface area contributed by atoms with Crippen LogP contribution in [0.4, 0.5) is 13.2 Å². The van der Waals surface area contributed by atoms with Crippen molar-refractivity contribution in [1.29, 1.82) is 0 Å². The molecule has 7 heteroatoms. The summed E-state index contributed by atoms with van der Waals surface area (Å²) in [5.41, 5.74) is -1.03. The van der Waals surface area contributed by atoms with Gasteiger partial charge < -0.3 is 10.1 Å². The Morgan fingerprint density at radius 2 is 2.06 bits per heavy atom. The van der Waals surface area contributed by atoms with Crippen molar-refractivity contribution in [3.05, 3.63) is 17.8 Å². The number of rotatable bonds is 4. The maximum Gasteiger partial charge on any atom is 0.435 e. The Balaban J connectivity index is 2.65. The number of nitrogens with one attached hydrogen (secondary N) is 1. The minimum absolute atomic E-state index is 0.0794. The number of aromatic nitrogens is 2. The molecular formula is C9H12F3N3O. The molecule has 0 saturated carbocycles. The van der Waals surface area contributed by atoms with E-state index in [1.807, 2.05) is 0 Å². The van der Waals surface area contributed by atoms with E-state index < -0.39 is 11.9 Å². The lowest BCUT2D eigenvalue weighted by molar-refractivity contribution is -0.141. The predicted octanol–water partition coefficient (Wildman–Crippen LogP) is 1.48. The van der Waals surface area contributed by atoms with Crippen molar-refractivity contribution >= 4 is 0 Å². The third-order valence-corrected chi connectivity index (χ3v) is 1.74. The zero-order valence-electron chi connectivity index (χ0n) is 8.88. The van der Waals surface area contributed by atoms with Gasteiger partial charge >= 0.3 is 6.18 Å². The summed E-state index contributed by atoms with van der Waals surface area (Å²) in [6.45, 7) is 2.35. The van der Waals surface area contributed by atoms with Crippen LogP contribution in [0.3, 0.4) is 0 Å². The molecule has 0 aromatic carbocycles. The lowest BCUT2D eigenvalue weighted by Gasteiger charge is -2.12. The van der Waals surface area contributed by atoms with Gasteiger partial charge in [-0.05, 0) is 20.0 Å². The Morgan fingerprint density at radius 3 is 2.50 bits per heavy atom. The van der Waals surface area contributed by atoms with Gasteiger partial charge in [-0.1, -0.05) is 0 Å². The zero-order valence-corrected chi connectivity index (χ0v) is 8.88. The second-order valence-electron chi connectivity index (χ2n) is 3.24. The van der Waals surface area contributed by atoms with Crippen LogP contribution < -0.4 is 10.1 Å². The van der Waals surface area contributed by atoms with Crippen LogP contribution in [-0.2, 0) is 6.18 Å². The van der Waals surface area contributed by atoms with E-state index in [0.717, 1.165) is 12.1 Å². The van der Waals surface area contributed by atoms with Crippen LogP contribution >= 0.6 is 0 Å². The molecule has 0 aliphatic rings. The molecule has 0 aliphatic heterocycles. The van der Waals surface area contributed by atoms with Gasteiger partial charge in [-0.3, -0.25) is 0 Å². The van der Waals surface area contributed by atoms with E-state index in [4.69, 9.17) is 4.74 Å². The molecule has 0 fully saturated rings. The molecule has 1 unspecified atom stereocenters. The van der Waals surface area contributed by atoms with Gasteiger partial charge in [-0.25, -0.2) is 0 Å². The lowest BCUT2D eigenvalue weighted by atomic mass is 10.4. The van der Waals surface area contributed by atoms with Crippen molar-refractivity contribution in [2.45, 2.75) is 19.2 Å². The van der Waals surface area contributed by atoms with Crippen molar-refractivity contribution in [1.82, 2.24) is 15.5 Å². The van der Waals surface area contributed by atoms with Crippen LogP contribution in [0.25, 0.3) is 0 Å². The number of nitrogens with zero attached hydrogens (tertiary/aromatic N) is 2. The van der Waals surface area contributed by atoms with Crippen LogP contribution in [0.1, 0.15) is 12.6 Å². The molecule has 4 nitrogen and oxygen atoms in total. The number of hydrogen-bond acceptors (Lipinski definition) is 4. The quantitative estimate of drug-likeness (QED) is 0.858. The van der Waals surface area contributed by atoms with Gasteiger partial charge in [0.05, 0.1) is 0 Å². The van der Waals surface area contributed by atoms with Crippen molar-refractivity contribution < 1.29 is 17.9 Å². The molecule has 1 heterocycles. The predicted molar refractivity (Wildman–Crippen MR) is 51.1 cm³/mol. The third kappa shape index (κ3) is 3.65. The first-order valence-corrected chi connectivity index (χ1v) is 4.65. The molecule has 0 radical (unpaired) electrons. The number of ether oxygens (including phenoxy) is 1. The summed E-state index contributed by atoms with van der Waals surface area (Å²) >= 11 is 0. The van der Waals surface area contributed by atoms with Crippen LogP contribution in [0.2, 0.25) is 0 Å². The van der Waals surface area contributed by atoms with Gasteiger partial charge in [0, 0.05) is 12.6 Å². The number of alkyl halides is 3. The molecule has 0 amide bonds. The van der Waals surface area contributed by atoms with Crippen molar-refractivity contribution in [3.8, 4) is 5.88 Å². The lowest BCUT2D eigenvalue weighted by Crippen LogP contribution is -2.26. The summed E-state index contributed by atoms with van der Waals surface area (Å²) in [7, 11) is 1.75. The van der Waals surface area contributed by atoms with Crippen LogP contribution in [0.5, 0.6) is 5.88 Å². The normalized spacial score (nSPS) is 13.6. The Morgan fingerprint density at radius 1 is 1.38 bits per heavy atom. The average Bonchev–Trinajstić information content (AvgIpc) is 2.17. The minimum atomic E-state index is -4.47. The third-order valence-electron chi connectivity index (χ3n) is 1.74. The number of halogens is 3. The van der Waals surface area contributed by atoms with Gasteiger partial charge in [0.25, 0.3) is 0 Å². The van der Waals surface area contributed by atoms with Gasteiger partial charge in [-0.15, -0.1) is 10.2 Å². The topological polar surface area (TPSA) is 47.0 Å². The molecule has 0 spiro atoms. The van der Waals surface area contributed by atoms with Gasteiger partial charge in [-0.2, -0.15) is 13.2 Å². The summed E-state index contributed by atoms with van der Waals surface area (Å²) in [5.74, 6) is 0.0794. The van der Waals surface area contributed by atoms with Gasteiger partial charge in [0.2, 0.25) is 5.88 Å². The highest BCUT2D eigenvalue weighted by molar-refractivity contribution is 5.13. The number of hydrogen-bond donors (Lipinski definition) is 1. The number of likely N-dealkylation sites (N-methyl/N-ethyl adjacent to an activating group) is 1. The fourth-order valence-corrected chi connectivity index (χ4v) is 1.07. The largest absolute Gasteiger partial charge is 0.472 e. The second kappa shape index (κ2) is 5.11.